The summed E-state index contributed by atoms with van der Waals surface area (Å²) in [7, 11) is 0. The molecule has 3 rings (SSSR count). The van der Waals surface area contributed by atoms with Gasteiger partial charge >= 0.3 is 0 Å². The summed E-state index contributed by atoms with van der Waals surface area (Å²) in [5, 5.41) is 12.6. The number of furan rings is 1. The number of hydrogen-bond acceptors (Lipinski definition) is 2. The van der Waals surface area contributed by atoms with Crippen LogP contribution in [0.25, 0.3) is 0 Å². The summed E-state index contributed by atoms with van der Waals surface area (Å²) >= 11 is 0. The molecule has 94 valence electrons. The van der Waals surface area contributed by atoms with Crippen molar-refractivity contribution in [2.75, 3.05) is 0 Å². The van der Waals surface area contributed by atoms with Crippen molar-refractivity contribution >= 4 is 0 Å². The lowest BCUT2D eigenvalue weighted by Gasteiger charge is -2.42. The zero-order valence-electron chi connectivity index (χ0n) is 10.3. The molecule has 17 heavy (non-hydrogen) atoms. The molecule has 0 amide bonds. The minimum atomic E-state index is -0.159. The molecule has 1 aliphatic heterocycles. The molecule has 1 spiro atoms. The van der Waals surface area contributed by atoms with E-state index in [2.05, 4.69) is 5.32 Å². The number of nitrogens with two attached hydrogens (primary N) is 1. The number of aliphatic hydroxyl groups excluding tert-OH is 1. The summed E-state index contributed by atoms with van der Waals surface area (Å²) < 4.78 is 5.51. The maximum Gasteiger partial charge on any atom is 0.161 e. The van der Waals surface area contributed by atoms with Gasteiger partial charge in [-0.1, -0.05) is 6.42 Å². The lowest BCUT2D eigenvalue weighted by atomic mass is 9.74. The number of hydrogen-bond donors (Lipinski definition) is 2. The van der Waals surface area contributed by atoms with Crippen LogP contribution in [-0.2, 0) is 0 Å². The van der Waals surface area contributed by atoms with E-state index in [-0.39, 0.29) is 11.6 Å². The van der Waals surface area contributed by atoms with Gasteiger partial charge in [-0.3, -0.25) is 0 Å². The van der Waals surface area contributed by atoms with Crippen LogP contribution in [0.4, 0.5) is 0 Å². The number of rotatable bonds is 1. The lowest BCUT2D eigenvalue weighted by Crippen LogP contribution is -2.99. The van der Waals surface area contributed by atoms with Crippen LogP contribution in [0.1, 0.15) is 56.7 Å². The van der Waals surface area contributed by atoms with Crippen molar-refractivity contribution in [2.24, 2.45) is 0 Å². The Bertz CT molecular complexity index is 354. The van der Waals surface area contributed by atoms with Gasteiger partial charge in [-0.25, -0.2) is 0 Å². The first-order chi connectivity index (χ1) is 8.27. The van der Waals surface area contributed by atoms with Crippen molar-refractivity contribution in [1.29, 1.82) is 0 Å². The minimum Gasteiger partial charge on any atom is -0.463 e. The van der Waals surface area contributed by atoms with E-state index in [0.717, 1.165) is 18.6 Å². The molecule has 2 fully saturated rings. The maximum atomic E-state index is 10.1. The predicted molar refractivity (Wildman–Crippen MR) is 64.4 cm³/mol. The van der Waals surface area contributed by atoms with E-state index in [1.165, 1.54) is 32.1 Å². The second kappa shape index (κ2) is 4.46. The largest absolute Gasteiger partial charge is 0.463 e. The van der Waals surface area contributed by atoms with Gasteiger partial charge in [0.05, 0.1) is 17.9 Å². The highest BCUT2D eigenvalue weighted by molar-refractivity contribution is 5.04. The van der Waals surface area contributed by atoms with Gasteiger partial charge < -0.3 is 14.8 Å². The molecule has 3 N–H and O–H groups in total. The van der Waals surface area contributed by atoms with Crippen LogP contribution in [0.5, 0.6) is 0 Å². The Morgan fingerprint density at radius 1 is 1.29 bits per heavy atom. The summed E-state index contributed by atoms with van der Waals surface area (Å²) in [6.45, 7) is 0. The van der Waals surface area contributed by atoms with Crippen LogP contribution in [-0.4, -0.2) is 16.7 Å². The first-order valence-corrected chi connectivity index (χ1v) is 6.85. The first kappa shape index (κ1) is 11.3. The molecule has 1 aromatic rings. The van der Waals surface area contributed by atoms with Crippen molar-refractivity contribution in [1.82, 2.24) is 0 Å². The van der Waals surface area contributed by atoms with Crippen molar-refractivity contribution in [2.45, 2.75) is 62.6 Å². The van der Waals surface area contributed by atoms with Crippen LogP contribution in [0.2, 0.25) is 0 Å². The van der Waals surface area contributed by atoms with Crippen LogP contribution in [0.15, 0.2) is 22.8 Å². The smallest absolute Gasteiger partial charge is 0.161 e. The number of piperidine rings is 1. The van der Waals surface area contributed by atoms with E-state index < -0.39 is 0 Å². The van der Waals surface area contributed by atoms with Gasteiger partial charge in [0, 0.05) is 25.7 Å². The quantitative estimate of drug-likeness (QED) is 0.780. The first-order valence-electron chi connectivity index (χ1n) is 6.85. The summed E-state index contributed by atoms with van der Waals surface area (Å²) in [4.78, 5) is 0. The average Bonchev–Trinajstić information content (AvgIpc) is 2.82. The molecule has 1 aliphatic carbocycles. The normalized spacial score (nSPS) is 32.8. The molecule has 2 heterocycles. The third-order valence-corrected chi connectivity index (χ3v) is 4.48. The second-order valence-electron chi connectivity index (χ2n) is 5.81. The van der Waals surface area contributed by atoms with Crippen LogP contribution >= 0.6 is 0 Å². The van der Waals surface area contributed by atoms with Crippen molar-refractivity contribution in [3.8, 4) is 0 Å². The zero-order chi connectivity index (χ0) is 11.7. The Balaban J connectivity index is 1.79. The maximum absolute atomic E-state index is 10.1. The number of aliphatic hydroxyl groups is 1. The molecule has 1 saturated carbocycles. The fourth-order valence-electron chi connectivity index (χ4n) is 3.74. The zero-order valence-corrected chi connectivity index (χ0v) is 10.3. The Kier molecular flexibility index (Phi) is 2.97. The van der Waals surface area contributed by atoms with Gasteiger partial charge in [0.1, 0.15) is 6.04 Å². The minimum absolute atomic E-state index is 0.159. The molecule has 0 aromatic carbocycles. The van der Waals surface area contributed by atoms with Crippen molar-refractivity contribution < 1.29 is 14.8 Å². The monoisotopic (exact) mass is 236 g/mol. The molecule has 0 bridgehead atoms. The lowest BCUT2D eigenvalue weighted by molar-refractivity contribution is -0.779. The van der Waals surface area contributed by atoms with Gasteiger partial charge in [-0.15, -0.1) is 0 Å². The molecule has 3 nitrogen and oxygen atoms in total. The molecule has 2 aliphatic rings. The molecule has 0 radical (unpaired) electrons. The average molecular weight is 236 g/mol. The second-order valence-corrected chi connectivity index (χ2v) is 5.81. The van der Waals surface area contributed by atoms with Gasteiger partial charge in [0.25, 0.3) is 0 Å². The summed E-state index contributed by atoms with van der Waals surface area (Å²) in [5.41, 5.74) is 0.285. The van der Waals surface area contributed by atoms with Gasteiger partial charge in [-0.2, -0.15) is 0 Å². The fourth-order valence-corrected chi connectivity index (χ4v) is 3.74. The predicted octanol–water partition coefficient (Wildman–Crippen LogP) is 1.74. The van der Waals surface area contributed by atoms with Crippen molar-refractivity contribution in [3.63, 3.8) is 0 Å². The van der Waals surface area contributed by atoms with Crippen molar-refractivity contribution in [3.05, 3.63) is 24.2 Å². The highest BCUT2D eigenvalue weighted by Crippen LogP contribution is 2.34. The van der Waals surface area contributed by atoms with Gasteiger partial charge in [0.15, 0.2) is 5.76 Å². The molecular weight excluding hydrogens is 214 g/mol. The molecule has 0 unspecified atom stereocenters. The topological polar surface area (TPSA) is 50.0 Å². The summed E-state index contributed by atoms with van der Waals surface area (Å²) in [5.74, 6) is 1.02. The molecular formula is C14H22NO2+. The van der Waals surface area contributed by atoms with E-state index in [1.54, 1.807) is 6.26 Å². The highest BCUT2D eigenvalue weighted by atomic mass is 16.3. The van der Waals surface area contributed by atoms with Gasteiger partial charge in [0.2, 0.25) is 0 Å². The Morgan fingerprint density at radius 3 is 2.82 bits per heavy atom. The van der Waals surface area contributed by atoms with E-state index in [4.69, 9.17) is 4.42 Å². The van der Waals surface area contributed by atoms with E-state index >= 15 is 0 Å². The summed E-state index contributed by atoms with van der Waals surface area (Å²) in [6.07, 6.45) is 9.85. The highest BCUT2D eigenvalue weighted by Gasteiger charge is 2.45. The SMILES string of the molecule is O[C@@H]1C[C@@H](c2ccco2)[NH2+]C2(CCCCC2)C1. The molecule has 2 atom stereocenters. The van der Waals surface area contributed by atoms with Gasteiger partial charge in [-0.05, 0) is 25.0 Å². The van der Waals surface area contributed by atoms with Crippen LogP contribution < -0.4 is 5.32 Å². The fraction of sp³-hybridized carbons (Fsp3) is 0.714. The van der Waals surface area contributed by atoms with Crippen LogP contribution in [0, 0.1) is 0 Å². The Labute approximate surface area is 102 Å². The Morgan fingerprint density at radius 2 is 2.12 bits per heavy atom. The van der Waals surface area contributed by atoms with Crippen LogP contribution in [0.3, 0.4) is 0 Å². The third-order valence-electron chi connectivity index (χ3n) is 4.48. The number of quaternary nitrogens is 1. The third kappa shape index (κ3) is 2.26. The molecule has 1 saturated heterocycles. The standard InChI is InChI=1S/C14H21NO2/c16-11-9-12(13-5-4-8-17-13)15-14(10-11)6-2-1-3-7-14/h4-5,8,11-12,15-16H,1-3,6-7,9-10H2/p+1/t11-,12+/m1/s1. The van der Waals surface area contributed by atoms with E-state index in [0.29, 0.717) is 6.04 Å². The van der Waals surface area contributed by atoms with E-state index in [9.17, 15) is 5.11 Å². The van der Waals surface area contributed by atoms with E-state index in [1.807, 2.05) is 12.1 Å². The Hall–Kier alpha value is -0.800. The summed E-state index contributed by atoms with van der Waals surface area (Å²) in [6, 6.07) is 4.29. The molecule has 3 heteroatoms. The molecule has 1 aromatic heterocycles.